The van der Waals surface area contributed by atoms with E-state index in [-0.39, 0.29) is 12.5 Å². The Morgan fingerprint density at radius 1 is 1.56 bits per heavy atom. The first kappa shape index (κ1) is 14.5. The second-order valence-corrected chi connectivity index (χ2v) is 5.29. The van der Waals surface area contributed by atoms with E-state index in [1.54, 1.807) is 6.07 Å². The molecule has 7 nitrogen and oxygen atoms in total. The zero-order valence-electron chi connectivity index (χ0n) is 10.0. The van der Waals surface area contributed by atoms with Gasteiger partial charge in [-0.25, -0.2) is 0 Å². The van der Waals surface area contributed by atoms with Crippen LogP contribution in [0.2, 0.25) is 0 Å². The maximum Gasteiger partial charge on any atom is 0.271 e. The van der Waals surface area contributed by atoms with E-state index < -0.39 is 15.9 Å². The Morgan fingerprint density at radius 3 is 2.78 bits per heavy atom. The molecule has 1 aromatic heterocycles. The number of nitrogens with one attached hydrogen (secondary N) is 1. The average Bonchev–Trinajstić information content (AvgIpc) is 2.33. The third-order valence-electron chi connectivity index (χ3n) is 2.15. The monoisotopic (exact) mass is 274 g/mol. The van der Waals surface area contributed by atoms with E-state index in [9.17, 15) is 13.2 Å². The second kappa shape index (κ2) is 6.41. The Balaban J connectivity index is 2.60. The molecule has 18 heavy (non-hydrogen) atoms. The summed E-state index contributed by atoms with van der Waals surface area (Å²) in [6.45, 7) is 2.58. The van der Waals surface area contributed by atoms with Crippen LogP contribution < -0.4 is 10.00 Å². The van der Waals surface area contributed by atoms with Crippen LogP contribution >= 0.6 is 0 Å². The molecule has 0 aliphatic heterocycles. The molecular weight excluding hydrogens is 258 g/mol. The summed E-state index contributed by atoms with van der Waals surface area (Å²) in [5.41, 5.74) is 0.409. The van der Waals surface area contributed by atoms with Crippen molar-refractivity contribution in [3.63, 3.8) is 0 Å². The van der Waals surface area contributed by atoms with Crippen LogP contribution in [0.4, 0.5) is 0 Å². The van der Waals surface area contributed by atoms with Gasteiger partial charge in [-0.15, -0.1) is 0 Å². The van der Waals surface area contributed by atoms with Crippen LogP contribution in [-0.2, 0) is 16.7 Å². The number of rotatable bonds is 6. The van der Waals surface area contributed by atoms with Gasteiger partial charge in [-0.3, -0.25) is 9.35 Å². The van der Waals surface area contributed by atoms with Gasteiger partial charge in [0.2, 0.25) is 0 Å². The van der Waals surface area contributed by atoms with E-state index in [0.717, 1.165) is 6.42 Å². The lowest BCUT2D eigenvalue weighted by molar-refractivity contribution is -0.750. The second-order valence-electron chi connectivity index (χ2n) is 3.72. The van der Waals surface area contributed by atoms with Crippen LogP contribution in [0.5, 0.6) is 0 Å². The number of carbonyl (C=O) groups is 1. The summed E-state index contributed by atoms with van der Waals surface area (Å²) in [6, 6.07) is 1.54. The quantitative estimate of drug-likeness (QED) is 0.533. The smallest absolute Gasteiger partial charge is 0.271 e. The van der Waals surface area contributed by atoms with Crippen molar-refractivity contribution >= 4 is 16.0 Å². The van der Waals surface area contributed by atoms with Gasteiger partial charge in [0.1, 0.15) is 11.9 Å². The largest absolute Gasteiger partial charge is 0.352 e. The molecular formula is C10H16N3O4S+. The molecule has 0 atom stereocenters. The highest BCUT2D eigenvalue weighted by Crippen LogP contribution is 1.93. The minimum Gasteiger partial charge on any atom is -0.352 e. The predicted octanol–water partition coefficient (Wildman–Crippen LogP) is -0.603. The summed E-state index contributed by atoms with van der Waals surface area (Å²) >= 11 is 0. The fourth-order valence-corrected chi connectivity index (χ4v) is 1.62. The molecule has 1 amide bonds. The standard InChI is InChI=1S/C10H15N3O4S/c1-2-4-11-10(14)9-3-5-13(12-8-9)6-7-18(15,16)17/h3,5,8H,2,4,6-7H2,1H3,(H-,11,14,15,16,17)/p+1. The van der Waals surface area contributed by atoms with Crippen LogP contribution in [0.15, 0.2) is 18.5 Å². The summed E-state index contributed by atoms with van der Waals surface area (Å²) < 4.78 is 31.0. The SMILES string of the molecule is CCCNC(=O)c1cc[n+](CCS(=O)(=O)O)nc1. The van der Waals surface area contributed by atoms with Gasteiger partial charge < -0.3 is 5.32 Å². The third kappa shape index (κ3) is 5.19. The van der Waals surface area contributed by atoms with Crippen molar-refractivity contribution in [3.05, 3.63) is 24.0 Å². The first-order valence-corrected chi connectivity index (χ1v) is 7.12. The number of hydrogen-bond donors (Lipinski definition) is 2. The normalized spacial score (nSPS) is 11.2. The fourth-order valence-electron chi connectivity index (χ4n) is 1.20. The van der Waals surface area contributed by atoms with Gasteiger partial charge in [0, 0.05) is 12.6 Å². The molecule has 1 heterocycles. The van der Waals surface area contributed by atoms with Crippen molar-refractivity contribution in [1.29, 1.82) is 0 Å². The molecule has 0 aliphatic rings. The zero-order valence-corrected chi connectivity index (χ0v) is 10.9. The maximum absolute atomic E-state index is 11.5. The summed E-state index contributed by atoms with van der Waals surface area (Å²) in [4.78, 5) is 11.5. The zero-order chi connectivity index (χ0) is 13.6. The lowest BCUT2D eigenvalue weighted by Gasteiger charge is -2.01. The summed E-state index contributed by atoms with van der Waals surface area (Å²) in [5.74, 6) is -0.627. The summed E-state index contributed by atoms with van der Waals surface area (Å²) in [5, 5.41) is 6.59. The number of aryl methyl sites for hydroxylation is 1. The van der Waals surface area contributed by atoms with Crippen molar-refractivity contribution in [1.82, 2.24) is 10.4 Å². The molecule has 100 valence electrons. The van der Waals surface area contributed by atoms with Gasteiger partial charge in [-0.1, -0.05) is 11.6 Å². The van der Waals surface area contributed by atoms with E-state index in [1.165, 1.54) is 17.1 Å². The molecule has 1 rings (SSSR count). The van der Waals surface area contributed by atoms with Crippen molar-refractivity contribution < 1.29 is 22.4 Å². The van der Waals surface area contributed by atoms with Crippen LogP contribution in [-0.4, -0.2) is 36.3 Å². The lowest BCUT2D eigenvalue weighted by atomic mass is 10.3. The third-order valence-corrected chi connectivity index (χ3v) is 2.85. The van der Waals surface area contributed by atoms with Gasteiger partial charge in [-0.05, 0) is 11.5 Å². The molecule has 0 aromatic carbocycles. The topological polar surface area (TPSA) is 100 Å². The molecule has 0 radical (unpaired) electrons. The van der Waals surface area contributed by atoms with E-state index in [0.29, 0.717) is 12.1 Å². The maximum atomic E-state index is 11.5. The van der Waals surface area contributed by atoms with Gasteiger partial charge in [0.05, 0.1) is 5.56 Å². The minimum absolute atomic E-state index is 0.0374. The molecule has 0 fully saturated rings. The number of hydrogen-bond acceptors (Lipinski definition) is 4. The Morgan fingerprint density at radius 2 is 2.28 bits per heavy atom. The first-order chi connectivity index (χ1) is 8.42. The number of amides is 1. The molecule has 2 N–H and O–H groups in total. The van der Waals surface area contributed by atoms with E-state index >= 15 is 0 Å². The fraction of sp³-hybridized carbons (Fsp3) is 0.500. The van der Waals surface area contributed by atoms with Crippen LogP contribution in [0.1, 0.15) is 23.7 Å². The molecule has 0 bridgehead atoms. The number of carbonyl (C=O) groups excluding carboxylic acids is 1. The Kier molecular flexibility index (Phi) is 5.17. The van der Waals surface area contributed by atoms with E-state index in [2.05, 4.69) is 10.4 Å². The first-order valence-electron chi connectivity index (χ1n) is 5.51. The number of nitrogens with zero attached hydrogens (tertiary/aromatic N) is 2. The van der Waals surface area contributed by atoms with Crippen LogP contribution in [0, 0.1) is 0 Å². The molecule has 0 saturated carbocycles. The van der Waals surface area contributed by atoms with Crippen molar-refractivity contribution in [2.24, 2.45) is 0 Å². The van der Waals surface area contributed by atoms with Gasteiger partial charge in [-0.2, -0.15) is 8.42 Å². The highest BCUT2D eigenvalue weighted by molar-refractivity contribution is 7.85. The van der Waals surface area contributed by atoms with E-state index in [1.807, 2.05) is 6.92 Å². The van der Waals surface area contributed by atoms with Crippen molar-refractivity contribution in [2.45, 2.75) is 19.9 Å². The molecule has 8 heteroatoms. The Labute approximate surface area is 106 Å². The lowest BCUT2D eigenvalue weighted by Crippen LogP contribution is -2.41. The van der Waals surface area contributed by atoms with Crippen molar-refractivity contribution in [3.8, 4) is 0 Å². The van der Waals surface area contributed by atoms with Crippen LogP contribution in [0.3, 0.4) is 0 Å². The highest BCUT2D eigenvalue weighted by Gasteiger charge is 2.12. The molecule has 0 saturated heterocycles. The van der Waals surface area contributed by atoms with Crippen LogP contribution in [0.25, 0.3) is 0 Å². The molecule has 0 aliphatic carbocycles. The summed E-state index contributed by atoms with van der Waals surface area (Å²) in [6.07, 6.45) is 3.70. The van der Waals surface area contributed by atoms with Gasteiger partial charge in [0.25, 0.3) is 16.0 Å². The average molecular weight is 274 g/mol. The minimum atomic E-state index is -4.00. The molecule has 1 aromatic rings. The Hall–Kier alpha value is -1.54. The molecule has 0 unspecified atom stereocenters. The summed E-state index contributed by atoms with van der Waals surface area (Å²) in [7, 11) is -4.00. The van der Waals surface area contributed by atoms with Gasteiger partial charge >= 0.3 is 0 Å². The Bertz CT molecular complexity index is 498. The van der Waals surface area contributed by atoms with Crippen molar-refractivity contribution in [2.75, 3.05) is 12.3 Å². The number of aromatic nitrogens is 2. The molecule has 0 spiro atoms. The van der Waals surface area contributed by atoms with Gasteiger partial charge in [0.15, 0.2) is 12.7 Å². The highest BCUT2D eigenvalue weighted by atomic mass is 32.2. The van der Waals surface area contributed by atoms with E-state index in [4.69, 9.17) is 4.55 Å². The predicted molar refractivity (Wildman–Crippen MR) is 63.5 cm³/mol.